The molecule has 2 N–H and O–H groups in total. The zero-order valence-corrected chi connectivity index (χ0v) is 36.1. The monoisotopic (exact) mass is 899 g/mol. The maximum Gasteiger partial charge on any atom is 0.329 e. The molecule has 21 heteroatoms. The number of halogens is 3. The van der Waals surface area contributed by atoms with Crippen molar-refractivity contribution >= 4 is 51.6 Å². The quantitative estimate of drug-likeness (QED) is 0.186. The van der Waals surface area contributed by atoms with Crippen molar-refractivity contribution in [1.82, 2.24) is 48.6 Å². The number of fused-ring (bicyclic) bond motifs is 4. The van der Waals surface area contributed by atoms with Gasteiger partial charge in [-0.3, -0.25) is 33.5 Å². The maximum absolute atomic E-state index is 16.0. The summed E-state index contributed by atoms with van der Waals surface area (Å²) in [5.41, 5.74) is 0.505. The molecule has 5 aromatic rings. The van der Waals surface area contributed by atoms with Gasteiger partial charge < -0.3 is 29.7 Å². The van der Waals surface area contributed by atoms with E-state index in [1.165, 1.54) is 26.9 Å². The van der Waals surface area contributed by atoms with Crippen LogP contribution in [0.3, 0.4) is 0 Å². The molecule has 1 aliphatic carbocycles. The van der Waals surface area contributed by atoms with E-state index in [9.17, 15) is 28.0 Å². The fourth-order valence-electron chi connectivity index (χ4n) is 11.1. The van der Waals surface area contributed by atoms with Crippen molar-refractivity contribution in [2.45, 2.75) is 75.6 Å². The summed E-state index contributed by atoms with van der Waals surface area (Å²) in [6, 6.07) is 4.56. The first-order valence-electron chi connectivity index (χ1n) is 22.8. The van der Waals surface area contributed by atoms with Crippen LogP contribution in [-0.2, 0) is 21.4 Å². The van der Waals surface area contributed by atoms with E-state index in [1.54, 1.807) is 29.2 Å². The van der Waals surface area contributed by atoms with Crippen molar-refractivity contribution in [3.63, 3.8) is 0 Å². The second-order valence-electron chi connectivity index (χ2n) is 18.8. The molecule has 18 nitrogen and oxygen atoms in total. The highest BCUT2D eigenvalue weighted by molar-refractivity contribution is 6.08. The van der Waals surface area contributed by atoms with E-state index in [1.807, 2.05) is 11.0 Å². The third-order valence-corrected chi connectivity index (χ3v) is 14.7. The molecule has 3 atom stereocenters. The smallest absolute Gasteiger partial charge is 0.329 e. The summed E-state index contributed by atoms with van der Waals surface area (Å²) in [6.45, 7) is 8.48. The molecular weight excluding hydrogens is 848 g/mol. The number of aromatic nitrogens is 7. The Hall–Kier alpha value is -5.80. The molecule has 1 aromatic carbocycles. The minimum atomic E-state index is -2.86. The number of imidazole rings is 1. The van der Waals surface area contributed by atoms with Gasteiger partial charge >= 0.3 is 5.69 Å². The second kappa shape index (κ2) is 16.6. The van der Waals surface area contributed by atoms with E-state index in [2.05, 4.69) is 35.5 Å². The minimum absolute atomic E-state index is 0.00915. The standard InChI is InChI=1S/C44H52F3N13O5/c1-53-39-33(60(44(53)64)34-8-9-36(61)51-43(34)63)7-6-32(37(39)45)56-20-26(21-56)19-55-14-12-54(13-15-55)18-25-2-4-27(5-3-25)59-23-31(38(52-59)40(46)47)49-42(62)30-17-48-58-11-10-35(50-41(30)58)57-22-29-16-28(57)24-65-29/h6-7,10-11,17,23,25-29,34,40H,2-5,8-9,12-16,18-22,24H2,1H3,(H,49,62)(H,51,61,63)/t25?,27?,28-,29-,34?/m1/s1. The van der Waals surface area contributed by atoms with Gasteiger partial charge in [-0.05, 0) is 62.6 Å². The molecule has 6 fully saturated rings. The fraction of sp³-hybridized carbons (Fsp3) is 0.568. The van der Waals surface area contributed by atoms with E-state index >= 15 is 4.39 Å². The number of amides is 3. The lowest BCUT2D eigenvalue weighted by Crippen LogP contribution is -2.55. The van der Waals surface area contributed by atoms with Gasteiger partial charge in [-0.25, -0.2) is 27.5 Å². The Morgan fingerprint density at radius 2 is 1.71 bits per heavy atom. The van der Waals surface area contributed by atoms with Crippen molar-refractivity contribution in [1.29, 1.82) is 0 Å². The number of anilines is 3. The molecule has 5 aliphatic heterocycles. The number of hydrogen-bond acceptors (Lipinski definition) is 12. The van der Waals surface area contributed by atoms with Gasteiger partial charge in [0.1, 0.15) is 22.9 Å². The highest BCUT2D eigenvalue weighted by atomic mass is 19.3. The summed E-state index contributed by atoms with van der Waals surface area (Å²) in [4.78, 5) is 64.9. The normalized spacial score (nSPS) is 25.6. The lowest BCUT2D eigenvalue weighted by atomic mass is 9.85. The molecule has 4 aromatic heterocycles. The van der Waals surface area contributed by atoms with Crippen molar-refractivity contribution in [3.05, 3.63) is 64.3 Å². The Labute approximate surface area is 371 Å². The zero-order valence-electron chi connectivity index (χ0n) is 36.1. The number of imide groups is 1. The number of ether oxygens (including phenoxy) is 1. The van der Waals surface area contributed by atoms with Crippen LogP contribution in [0.25, 0.3) is 16.7 Å². The zero-order chi connectivity index (χ0) is 44.7. The number of alkyl halides is 2. The number of aryl methyl sites for hydroxylation is 1. The molecule has 2 bridgehead atoms. The Balaban J connectivity index is 0.648. The molecule has 1 saturated carbocycles. The van der Waals surface area contributed by atoms with Gasteiger partial charge in [-0.2, -0.15) is 10.2 Å². The summed E-state index contributed by atoms with van der Waals surface area (Å²) in [6.07, 6.45) is 6.77. The number of rotatable bonds is 11. The van der Waals surface area contributed by atoms with Crippen molar-refractivity contribution in [2.75, 3.05) is 80.6 Å². The van der Waals surface area contributed by atoms with Crippen molar-refractivity contribution in [2.24, 2.45) is 18.9 Å². The summed E-state index contributed by atoms with van der Waals surface area (Å²) >= 11 is 0. The van der Waals surface area contributed by atoms with Crippen LogP contribution >= 0.6 is 0 Å². The Morgan fingerprint density at radius 1 is 0.954 bits per heavy atom. The number of piperazine rings is 1. The largest absolute Gasteiger partial charge is 0.374 e. The first-order valence-corrected chi connectivity index (χ1v) is 22.8. The van der Waals surface area contributed by atoms with Gasteiger partial charge in [-0.1, -0.05) is 0 Å². The number of carbonyl (C=O) groups is 3. The number of morpholine rings is 1. The van der Waals surface area contributed by atoms with E-state index in [-0.39, 0.29) is 53.7 Å². The number of nitrogens with one attached hydrogen (secondary N) is 2. The van der Waals surface area contributed by atoms with Crippen LogP contribution in [0.15, 0.2) is 41.6 Å². The number of piperidine rings is 1. The minimum Gasteiger partial charge on any atom is -0.374 e. The number of benzene rings is 1. The molecule has 6 aliphatic rings. The van der Waals surface area contributed by atoms with Crippen LogP contribution < -0.4 is 26.1 Å². The van der Waals surface area contributed by atoms with Crippen LogP contribution in [0.1, 0.15) is 79.5 Å². The second-order valence-corrected chi connectivity index (χ2v) is 18.8. The molecule has 0 spiro atoms. The maximum atomic E-state index is 16.0. The lowest BCUT2D eigenvalue weighted by molar-refractivity contribution is -0.135. The number of hydrogen-bond donors (Lipinski definition) is 2. The Bertz CT molecular complexity index is 2730. The van der Waals surface area contributed by atoms with Crippen LogP contribution in [0.4, 0.5) is 30.4 Å². The lowest BCUT2D eigenvalue weighted by Gasteiger charge is -2.45. The van der Waals surface area contributed by atoms with E-state index < -0.39 is 41.5 Å². The summed E-state index contributed by atoms with van der Waals surface area (Å²) < 4.78 is 56.1. The molecule has 344 valence electrons. The first kappa shape index (κ1) is 41.9. The van der Waals surface area contributed by atoms with Gasteiger partial charge in [0, 0.05) is 90.7 Å². The average molecular weight is 900 g/mol. The van der Waals surface area contributed by atoms with Gasteiger partial charge in [0.25, 0.3) is 12.3 Å². The summed E-state index contributed by atoms with van der Waals surface area (Å²) in [5, 5.41) is 13.6. The molecule has 11 rings (SSSR count). The van der Waals surface area contributed by atoms with Crippen LogP contribution in [0, 0.1) is 17.7 Å². The number of nitrogens with zero attached hydrogens (tertiary/aromatic N) is 11. The van der Waals surface area contributed by atoms with E-state index in [4.69, 9.17) is 9.72 Å². The average Bonchev–Trinajstić information content (AvgIpc) is 4.13. The van der Waals surface area contributed by atoms with Gasteiger partial charge in [0.05, 0.1) is 47.9 Å². The first-order chi connectivity index (χ1) is 31.4. The van der Waals surface area contributed by atoms with Crippen molar-refractivity contribution in [3.8, 4) is 0 Å². The SMILES string of the molecule is Cn1c(=O)n(C2CCC(=O)NC2=O)c2ccc(N3CC(CN4CCN(CC5CCC(n6cc(NC(=O)c7cnn8ccc(N9C[C@H]%10C[C@@H]9CO%10)nc78)c(C(F)F)n6)CC5)CC4)C3)c(F)c21. The number of carbonyl (C=O) groups excluding carboxylic acids is 3. The van der Waals surface area contributed by atoms with E-state index in [0.717, 1.165) is 83.7 Å². The Morgan fingerprint density at radius 3 is 2.40 bits per heavy atom. The molecule has 9 heterocycles. The van der Waals surface area contributed by atoms with Gasteiger partial charge in [-0.15, -0.1) is 0 Å². The molecule has 5 saturated heterocycles. The summed E-state index contributed by atoms with van der Waals surface area (Å²) in [7, 11) is 1.50. The van der Waals surface area contributed by atoms with Crippen LogP contribution in [-0.4, -0.2) is 139 Å². The molecule has 0 radical (unpaired) electrons. The van der Waals surface area contributed by atoms with Crippen molar-refractivity contribution < 1.29 is 32.3 Å². The van der Waals surface area contributed by atoms with Crippen LogP contribution in [0.5, 0.6) is 0 Å². The molecule has 1 unspecified atom stereocenters. The van der Waals surface area contributed by atoms with Gasteiger partial charge in [0.2, 0.25) is 11.8 Å². The Kier molecular flexibility index (Phi) is 10.7. The molecular formula is C44H52F3N13O5. The van der Waals surface area contributed by atoms with Gasteiger partial charge in [0.15, 0.2) is 17.2 Å². The predicted molar refractivity (Wildman–Crippen MR) is 232 cm³/mol. The fourth-order valence-corrected chi connectivity index (χ4v) is 11.1. The topological polar surface area (TPSA) is 172 Å². The van der Waals surface area contributed by atoms with E-state index in [0.29, 0.717) is 48.4 Å². The highest BCUT2D eigenvalue weighted by Crippen LogP contribution is 2.37. The molecule has 3 amide bonds. The highest BCUT2D eigenvalue weighted by Gasteiger charge is 2.40. The van der Waals surface area contributed by atoms with Crippen LogP contribution in [0.2, 0.25) is 0 Å². The third kappa shape index (κ3) is 7.63. The summed E-state index contributed by atoms with van der Waals surface area (Å²) in [5.74, 6) is -0.389. The third-order valence-electron chi connectivity index (χ3n) is 14.7. The molecule has 65 heavy (non-hydrogen) atoms. The predicted octanol–water partition coefficient (Wildman–Crippen LogP) is 3.35.